The SMILES string of the molecule is CCCNc1cc(N2CCc3ccc(F)cc32)ccn1. The number of rotatable bonds is 4. The van der Waals surface area contributed by atoms with E-state index in [0.29, 0.717) is 0 Å². The number of anilines is 3. The molecule has 2 aromatic rings. The number of aromatic nitrogens is 1. The third-order valence-electron chi connectivity index (χ3n) is 3.55. The minimum Gasteiger partial charge on any atom is -0.370 e. The second-order valence-corrected chi connectivity index (χ2v) is 5.00. The van der Waals surface area contributed by atoms with Crippen LogP contribution in [0.2, 0.25) is 0 Å². The summed E-state index contributed by atoms with van der Waals surface area (Å²) in [4.78, 5) is 6.46. The Morgan fingerprint density at radius 1 is 1.30 bits per heavy atom. The third-order valence-corrected chi connectivity index (χ3v) is 3.55. The van der Waals surface area contributed by atoms with Gasteiger partial charge in [-0.25, -0.2) is 9.37 Å². The molecule has 1 N–H and O–H groups in total. The summed E-state index contributed by atoms with van der Waals surface area (Å²) in [5, 5.41) is 3.28. The van der Waals surface area contributed by atoms with Crippen LogP contribution in [-0.4, -0.2) is 18.1 Å². The van der Waals surface area contributed by atoms with E-state index in [0.717, 1.165) is 43.1 Å². The standard InChI is InChI=1S/C16H18FN3/c1-2-7-18-16-11-14(5-8-19-16)20-9-6-12-3-4-13(17)10-15(12)20/h3-5,8,10-11H,2,6-7,9H2,1H3,(H,18,19). The molecule has 3 nitrogen and oxygen atoms in total. The van der Waals surface area contributed by atoms with Gasteiger partial charge in [0.05, 0.1) is 0 Å². The topological polar surface area (TPSA) is 28.2 Å². The van der Waals surface area contributed by atoms with Crippen molar-refractivity contribution in [3.05, 3.63) is 47.9 Å². The average molecular weight is 271 g/mol. The van der Waals surface area contributed by atoms with Gasteiger partial charge in [-0.2, -0.15) is 0 Å². The van der Waals surface area contributed by atoms with Gasteiger partial charge in [-0.3, -0.25) is 0 Å². The number of fused-ring (bicyclic) bond motifs is 1. The molecule has 1 aliphatic rings. The highest BCUT2D eigenvalue weighted by molar-refractivity contribution is 5.71. The van der Waals surface area contributed by atoms with Crippen molar-refractivity contribution in [3.8, 4) is 0 Å². The molecule has 0 saturated carbocycles. The van der Waals surface area contributed by atoms with Crippen LogP contribution >= 0.6 is 0 Å². The molecule has 0 atom stereocenters. The van der Waals surface area contributed by atoms with Crippen LogP contribution in [0.1, 0.15) is 18.9 Å². The van der Waals surface area contributed by atoms with E-state index >= 15 is 0 Å². The Morgan fingerprint density at radius 3 is 3.05 bits per heavy atom. The molecule has 0 radical (unpaired) electrons. The van der Waals surface area contributed by atoms with Crippen molar-refractivity contribution in [2.75, 3.05) is 23.3 Å². The molecule has 0 spiro atoms. The summed E-state index contributed by atoms with van der Waals surface area (Å²) >= 11 is 0. The monoisotopic (exact) mass is 271 g/mol. The van der Waals surface area contributed by atoms with E-state index in [1.807, 2.05) is 18.2 Å². The van der Waals surface area contributed by atoms with Crippen molar-refractivity contribution >= 4 is 17.2 Å². The van der Waals surface area contributed by atoms with Crippen molar-refractivity contribution in [1.82, 2.24) is 4.98 Å². The highest BCUT2D eigenvalue weighted by atomic mass is 19.1. The minimum absolute atomic E-state index is 0.186. The van der Waals surface area contributed by atoms with Gasteiger partial charge >= 0.3 is 0 Å². The average Bonchev–Trinajstić information content (AvgIpc) is 2.88. The Kier molecular flexibility index (Phi) is 3.54. The number of benzene rings is 1. The molecule has 1 aliphatic heterocycles. The summed E-state index contributed by atoms with van der Waals surface area (Å²) in [5.74, 6) is 0.684. The Morgan fingerprint density at radius 2 is 2.20 bits per heavy atom. The maximum absolute atomic E-state index is 13.4. The molecule has 2 heterocycles. The predicted octanol–water partition coefficient (Wildman–Crippen LogP) is 3.74. The lowest BCUT2D eigenvalue weighted by Crippen LogP contribution is -2.14. The molecule has 4 heteroatoms. The van der Waals surface area contributed by atoms with Crippen molar-refractivity contribution in [2.45, 2.75) is 19.8 Å². The van der Waals surface area contributed by atoms with Crippen LogP contribution in [0.4, 0.5) is 21.6 Å². The van der Waals surface area contributed by atoms with Gasteiger partial charge in [-0.1, -0.05) is 13.0 Å². The molecule has 0 saturated heterocycles. The molecular formula is C16H18FN3. The van der Waals surface area contributed by atoms with E-state index in [1.54, 1.807) is 12.3 Å². The zero-order valence-corrected chi connectivity index (χ0v) is 11.6. The zero-order valence-electron chi connectivity index (χ0n) is 11.6. The fourth-order valence-corrected chi connectivity index (χ4v) is 2.56. The van der Waals surface area contributed by atoms with Crippen LogP contribution in [0.15, 0.2) is 36.5 Å². The first-order chi connectivity index (χ1) is 9.78. The van der Waals surface area contributed by atoms with Crippen molar-refractivity contribution in [2.24, 2.45) is 0 Å². The molecule has 3 rings (SSSR count). The van der Waals surface area contributed by atoms with Gasteiger partial charge in [0, 0.05) is 36.7 Å². The Bertz CT molecular complexity index is 612. The van der Waals surface area contributed by atoms with Gasteiger partial charge in [-0.05, 0) is 36.6 Å². The largest absolute Gasteiger partial charge is 0.370 e. The summed E-state index contributed by atoms with van der Waals surface area (Å²) in [7, 11) is 0. The van der Waals surface area contributed by atoms with E-state index in [2.05, 4.69) is 22.1 Å². The third kappa shape index (κ3) is 2.46. The van der Waals surface area contributed by atoms with E-state index < -0.39 is 0 Å². The summed E-state index contributed by atoms with van der Waals surface area (Å²) in [6.45, 7) is 3.91. The molecule has 1 aromatic heterocycles. The molecule has 0 bridgehead atoms. The number of pyridine rings is 1. The second kappa shape index (κ2) is 5.49. The highest BCUT2D eigenvalue weighted by Crippen LogP contribution is 2.35. The molecule has 20 heavy (non-hydrogen) atoms. The Hall–Kier alpha value is -2.10. The lowest BCUT2D eigenvalue weighted by molar-refractivity contribution is 0.628. The lowest BCUT2D eigenvalue weighted by atomic mass is 10.1. The molecular weight excluding hydrogens is 253 g/mol. The van der Waals surface area contributed by atoms with Crippen LogP contribution in [0.25, 0.3) is 0 Å². The maximum atomic E-state index is 13.4. The van der Waals surface area contributed by atoms with Crippen LogP contribution in [0.5, 0.6) is 0 Å². The fraction of sp³-hybridized carbons (Fsp3) is 0.312. The maximum Gasteiger partial charge on any atom is 0.127 e. The summed E-state index contributed by atoms with van der Waals surface area (Å²) in [5.41, 5.74) is 3.23. The fourth-order valence-electron chi connectivity index (χ4n) is 2.56. The zero-order chi connectivity index (χ0) is 13.9. The molecule has 0 aliphatic carbocycles. The number of hydrogen-bond acceptors (Lipinski definition) is 3. The van der Waals surface area contributed by atoms with Crippen LogP contribution in [-0.2, 0) is 6.42 Å². The highest BCUT2D eigenvalue weighted by Gasteiger charge is 2.21. The summed E-state index contributed by atoms with van der Waals surface area (Å²) < 4.78 is 13.4. The van der Waals surface area contributed by atoms with E-state index in [-0.39, 0.29) is 5.82 Å². The van der Waals surface area contributed by atoms with Gasteiger partial charge in [0.15, 0.2) is 0 Å². The first-order valence-electron chi connectivity index (χ1n) is 7.04. The van der Waals surface area contributed by atoms with Gasteiger partial charge < -0.3 is 10.2 Å². The molecule has 104 valence electrons. The number of nitrogens with one attached hydrogen (secondary N) is 1. The smallest absolute Gasteiger partial charge is 0.127 e. The molecule has 0 amide bonds. The molecule has 0 unspecified atom stereocenters. The van der Waals surface area contributed by atoms with Crippen LogP contribution < -0.4 is 10.2 Å². The van der Waals surface area contributed by atoms with Crippen LogP contribution in [0, 0.1) is 5.82 Å². The summed E-state index contributed by atoms with van der Waals surface area (Å²) in [6, 6.07) is 9.01. The predicted molar refractivity (Wildman–Crippen MR) is 80.1 cm³/mol. The second-order valence-electron chi connectivity index (χ2n) is 5.00. The van der Waals surface area contributed by atoms with Gasteiger partial charge in [0.25, 0.3) is 0 Å². The number of hydrogen-bond donors (Lipinski definition) is 1. The molecule has 0 fully saturated rings. The number of nitrogens with zero attached hydrogens (tertiary/aromatic N) is 2. The van der Waals surface area contributed by atoms with Crippen molar-refractivity contribution in [1.29, 1.82) is 0 Å². The van der Waals surface area contributed by atoms with Crippen molar-refractivity contribution in [3.63, 3.8) is 0 Å². The Labute approximate surface area is 118 Å². The quantitative estimate of drug-likeness (QED) is 0.918. The Balaban J connectivity index is 1.90. The molecule has 1 aromatic carbocycles. The van der Waals surface area contributed by atoms with Gasteiger partial charge in [0.1, 0.15) is 11.6 Å². The van der Waals surface area contributed by atoms with E-state index in [9.17, 15) is 4.39 Å². The van der Waals surface area contributed by atoms with Gasteiger partial charge in [-0.15, -0.1) is 0 Å². The van der Waals surface area contributed by atoms with Crippen LogP contribution in [0.3, 0.4) is 0 Å². The van der Waals surface area contributed by atoms with Crippen molar-refractivity contribution < 1.29 is 4.39 Å². The first kappa shape index (κ1) is 12.9. The van der Waals surface area contributed by atoms with Gasteiger partial charge in [0.2, 0.25) is 0 Å². The minimum atomic E-state index is -0.186. The normalized spacial score (nSPS) is 13.4. The van der Waals surface area contributed by atoms with E-state index in [4.69, 9.17) is 0 Å². The summed E-state index contributed by atoms with van der Waals surface area (Å²) in [6.07, 6.45) is 3.81. The first-order valence-corrected chi connectivity index (χ1v) is 7.04. The number of halogens is 1. The lowest BCUT2D eigenvalue weighted by Gasteiger charge is -2.20. The van der Waals surface area contributed by atoms with E-state index in [1.165, 1.54) is 11.6 Å².